The van der Waals surface area contributed by atoms with Crippen LogP contribution in [0.25, 0.3) is 0 Å². The van der Waals surface area contributed by atoms with Crippen LogP contribution in [0.5, 0.6) is 0 Å². The van der Waals surface area contributed by atoms with Crippen molar-refractivity contribution in [1.82, 2.24) is 9.97 Å². The number of thioether (sulfide) groups is 1. The van der Waals surface area contributed by atoms with Crippen LogP contribution in [0.3, 0.4) is 0 Å². The van der Waals surface area contributed by atoms with Gasteiger partial charge in [-0.25, -0.2) is 9.97 Å². The van der Waals surface area contributed by atoms with Crippen LogP contribution < -0.4 is 5.32 Å². The first-order chi connectivity index (χ1) is 8.22. The molecule has 0 aliphatic heterocycles. The Morgan fingerprint density at radius 1 is 1.47 bits per heavy atom. The van der Waals surface area contributed by atoms with Crippen molar-refractivity contribution in [3.8, 4) is 0 Å². The highest BCUT2D eigenvalue weighted by molar-refractivity contribution is 7.98. The maximum atomic E-state index is 5.95. The number of hydrogen-bond acceptors (Lipinski definition) is 5. The summed E-state index contributed by atoms with van der Waals surface area (Å²) in [6, 6.07) is 2.08. The summed E-state index contributed by atoms with van der Waals surface area (Å²) in [5, 5.41) is 4.54. The van der Waals surface area contributed by atoms with E-state index in [4.69, 9.17) is 16.3 Å². The molecule has 94 valence electrons. The summed E-state index contributed by atoms with van der Waals surface area (Å²) in [6.07, 6.45) is 5.59. The van der Waals surface area contributed by atoms with Crippen molar-refractivity contribution in [2.75, 3.05) is 18.7 Å². The lowest BCUT2D eigenvalue weighted by molar-refractivity contribution is 0.101. The third kappa shape index (κ3) is 3.24. The lowest BCUT2D eigenvalue weighted by atomic mass is 10.2. The Hall–Kier alpha value is -0.520. The Morgan fingerprint density at radius 3 is 3.00 bits per heavy atom. The van der Waals surface area contributed by atoms with Crippen LogP contribution in [-0.4, -0.2) is 35.5 Å². The van der Waals surface area contributed by atoms with Gasteiger partial charge in [0.15, 0.2) is 5.16 Å². The highest BCUT2D eigenvalue weighted by atomic mass is 35.5. The average molecular weight is 274 g/mol. The molecule has 0 amide bonds. The third-order valence-electron chi connectivity index (χ3n) is 2.95. The second-order valence-corrected chi connectivity index (χ2v) is 5.18. The van der Waals surface area contributed by atoms with E-state index in [0.29, 0.717) is 16.4 Å². The number of anilines is 1. The minimum absolute atomic E-state index is 0.265. The van der Waals surface area contributed by atoms with E-state index in [1.165, 1.54) is 18.2 Å². The Kier molecular flexibility index (Phi) is 4.48. The second-order valence-electron chi connectivity index (χ2n) is 4.02. The number of methoxy groups -OCH3 is 1. The molecule has 4 nitrogen and oxygen atoms in total. The molecule has 0 aromatic carbocycles. The fraction of sp³-hybridized carbons (Fsp3) is 0.636. The molecule has 6 heteroatoms. The average Bonchev–Trinajstić information content (AvgIpc) is 2.75. The van der Waals surface area contributed by atoms with E-state index in [9.17, 15) is 0 Å². The van der Waals surface area contributed by atoms with Crippen molar-refractivity contribution in [2.45, 2.75) is 36.6 Å². The van der Waals surface area contributed by atoms with Gasteiger partial charge >= 0.3 is 0 Å². The minimum atomic E-state index is 0.265. The molecular formula is C11H16ClN3OS. The lowest BCUT2D eigenvalue weighted by Crippen LogP contribution is -2.30. The van der Waals surface area contributed by atoms with Gasteiger partial charge in [-0.1, -0.05) is 23.4 Å². The largest absolute Gasteiger partial charge is 0.379 e. The Morgan fingerprint density at radius 2 is 2.29 bits per heavy atom. The fourth-order valence-corrected chi connectivity index (χ4v) is 2.74. The van der Waals surface area contributed by atoms with Crippen molar-refractivity contribution in [3.63, 3.8) is 0 Å². The van der Waals surface area contributed by atoms with Gasteiger partial charge in [-0.05, 0) is 25.5 Å². The van der Waals surface area contributed by atoms with Crippen LogP contribution in [0.2, 0.25) is 5.15 Å². The zero-order chi connectivity index (χ0) is 12.3. The van der Waals surface area contributed by atoms with Crippen molar-refractivity contribution < 1.29 is 4.74 Å². The molecule has 1 heterocycles. The molecule has 2 atom stereocenters. The summed E-state index contributed by atoms with van der Waals surface area (Å²) in [5.41, 5.74) is 0. The smallest absolute Gasteiger partial charge is 0.190 e. The molecule has 1 aliphatic rings. The van der Waals surface area contributed by atoms with E-state index in [-0.39, 0.29) is 6.10 Å². The van der Waals surface area contributed by atoms with Gasteiger partial charge in [-0.2, -0.15) is 0 Å². The van der Waals surface area contributed by atoms with E-state index in [0.717, 1.165) is 18.7 Å². The van der Waals surface area contributed by atoms with Gasteiger partial charge in [-0.15, -0.1) is 0 Å². The molecule has 1 saturated carbocycles. The maximum Gasteiger partial charge on any atom is 0.190 e. The fourth-order valence-electron chi connectivity index (χ4n) is 2.13. The van der Waals surface area contributed by atoms with E-state index in [1.54, 1.807) is 13.2 Å². The predicted octanol–water partition coefficient (Wildman–Crippen LogP) is 2.83. The summed E-state index contributed by atoms with van der Waals surface area (Å²) >= 11 is 7.43. The van der Waals surface area contributed by atoms with Gasteiger partial charge in [-0.3, -0.25) is 0 Å². The summed E-state index contributed by atoms with van der Waals surface area (Å²) in [6.45, 7) is 0. The molecule has 17 heavy (non-hydrogen) atoms. The van der Waals surface area contributed by atoms with E-state index < -0.39 is 0 Å². The quantitative estimate of drug-likeness (QED) is 0.519. The Balaban J connectivity index is 2.09. The van der Waals surface area contributed by atoms with Gasteiger partial charge in [0.05, 0.1) is 12.1 Å². The second kappa shape index (κ2) is 5.89. The molecule has 1 aromatic heterocycles. The molecule has 2 unspecified atom stereocenters. The van der Waals surface area contributed by atoms with Crippen molar-refractivity contribution >= 4 is 29.2 Å². The van der Waals surface area contributed by atoms with Gasteiger partial charge in [0.25, 0.3) is 0 Å². The van der Waals surface area contributed by atoms with E-state index >= 15 is 0 Å². The molecule has 1 fully saturated rings. The van der Waals surface area contributed by atoms with E-state index in [2.05, 4.69) is 15.3 Å². The monoisotopic (exact) mass is 273 g/mol. The maximum absolute atomic E-state index is 5.95. The summed E-state index contributed by atoms with van der Waals surface area (Å²) in [5.74, 6) is 0.781. The summed E-state index contributed by atoms with van der Waals surface area (Å²) in [7, 11) is 1.75. The first kappa shape index (κ1) is 12.9. The summed E-state index contributed by atoms with van der Waals surface area (Å²) < 4.78 is 5.44. The van der Waals surface area contributed by atoms with Crippen molar-refractivity contribution in [3.05, 3.63) is 11.2 Å². The Bertz CT molecular complexity index is 391. The third-order valence-corrected chi connectivity index (χ3v) is 3.69. The molecule has 2 rings (SSSR count). The number of ether oxygens (including phenoxy) is 1. The van der Waals surface area contributed by atoms with Gasteiger partial charge in [0.2, 0.25) is 0 Å². The number of nitrogens with one attached hydrogen (secondary N) is 1. The number of rotatable bonds is 4. The van der Waals surface area contributed by atoms with Crippen molar-refractivity contribution in [2.24, 2.45) is 0 Å². The van der Waals surface area contributed by atoms with E-state index in [1.807, 2.05) is 6.26 Å². The van der Waals surface area contributed by atoms with Gasteiger partial charge in [0, 0.05) is 13.2 Å². The molecule has 1 aromatic rings. The number of hydrogen-bond donors (Lipinski definition) is 1. The molecule has 0 saturated heterocycles. The SMILES string of the molecule is COC1CCCC1Nc1cc(Cl)nc(SC)n1. The molecule has 0 bridgehead atoms. The van der Waals surface area contributed by atoms with Gasteiger partial charge < -0.3 is 10.1 Å². The van der Waals surface area contributed by atoms with Crippen LogP contribution >= 0.6 is 23.4 Å². The number of halogens is 1. The zero-order valence-corrected chi connectivity index (χ0v) is 11.5. The highest BCUT2D eigenvalue weighted by Gasteiger charge is 2.27. The van der Waals surface area contributed by atoms with Gasteiger partial charge in [0.1, 0.15) is 11.0 Å². The number of nitrogens with zero attached hydrogens (tertiary/aromatic N) is 2. The normalized spacial score (nSPS) is 23.9. The van der Waals surface area contributed by atoms with Crippen molar-refractivity contribution in [1.29, 1.82) is 0 Å². The summed E-state index contributed by atoms with van der Waals surface area (Å²) in [4.78, 5) is 8.50. The molecule has 0 spiro atoms. The highest BCUT2D eigenvalue weighted by Crippen LogP contribution is 2.26. The molecule has 1 N–H and O–H groups in total. The molecular weight excluding hydrogens is 258 g/mol. The van der Waals surface area contributed by atoms with Crippen LogP contribution in [0.4, 0.5) is 5.82 Å². The minimum Gasteiger partial charge on any atom is -0.379 e. The lowest BCUT2D eigenvalue weighted by Gasteiger charge is -2.20. The first-order valence-corrected chi connectivity index (χ1v) is 7.21. The molecule has 0 radical (unpaired) electrons. The van der Waals surface area contributed by atoms with Crippen LogP contribution in [0.1, 0.15) is 19.3 Å². The zero-order valence-electron chi connectivity index (χ0n) is 9.94. The first-order valence-electron chi connectivity index (χ1n) is 5.61. The predicted molar refractivity (Wildman–Crippen MR) is 70.9 cm³/mol. The van der Waals surface area contributed by atoms with Crippen LogP contribution in [-0.2, 0) is 4.74 Å². The Labute approximate surface area is 111 Å². The van der Waals surface area contributed by atoms with Crippen LogP contribution in [0, 0.1) is 0 Å². The standard InChI is InChI=1S/C11H16ClN3OS/c1-16-8-5-3-4-7(8)13-10-6-9(12)14-11(15-10)17-2/h6-8H,3-5H2,1-2H3,(H,13,14,15). The molecule has 1 aliphatic carbocycles. The van der Waals surface area contributed by atoms with Crippen LogP contribution in [0.15, 0.2) is 11.2 Å². The topological polar surface area (TPSA) is 47.0 Å². The number of aromatic nitrogens is 2.